The zero-order valence-electron chi connectivity index (χ0n) is 7.23. The maximum atomic E-state index is 10.6. The number of carboxylic acids is 1. The fourth-order valence-corrected chi connectivity index (χ4v) is 1.30. The highest BCUT2D eigenvalue weighted by Crippen LogP contribution is 2.09. The fourth-order valence-electron chi connectivity index (χ4n) is 0.868. The van der Waals surface area contributed by atoms with Crippen LogP contribution in [0, 0.1) is 5.92 Å². The summed E-state index contributed by atoms with van der Waals surface area (Å²) < 4.78 is 3.79. The minimum Gasteiger partial charge on any atom is -0.481 e. The van der Waals surface area contributed by atoms with Gasteiger partial charge in [0.05, 0.1) is 5.92 Å². The van der Waals surface area contributed by atoms with Crippen molar-refractivity contribution in [2.45, 2.75) is 13.3 Å². The minimum atomic E-state index is -0.778. The normalized spacial score (nSPS) is 12.4. The van der Waals surface area contributed by atoms with Gasteiger partial charge in [0.1, 0.15) is 6.33 Å². The Morgan fingerprint density at radius 1 is 1.85 bits per heavy atom. The van der Waals surface area contributed by atoms with Gasteiger partial charge in [-0.05, 0) is 6.42 Å². The summed E-state index contributed by atoms with van der Waals surface area (Å²) in [6, 6.07) is 0. The third kappa shape index (κ3) is 2.98. The van der Waals surface area contributed by atoms with E-state index in [4.69, 9.17) is 5.11 Å². The molecule has 1 heterocycles. The number of aromatic nitrogens is 2. The second-order valence-electron chi connectivity index (χ2n) is 2.57. The number of nitrogens with one attached hydrogen (secondary N) is 1. The van der Waals surface area contributed by atoms with Crippen molar-refractivity contribution in [3.05, 3.63) is 6.33 Å². The number of carboxylic acid groups (broad SMARTS) is 1. The predicted octanol–water partition coefficient (Wildman–Crippen LogP) is 1.06. The number of nitrogens with zero attached hydrogens (tertiary/aromatic N) is 2. The van der Waals surface area contributed by atoms with Crippen LogP contribution in [0.5, 0.6) is 0 Å². The molecule has 1 rings (SSSR count). The highest BCUT2D eigenvalue weighted by atomic mass is 32.1. The molecular weight excluding hydrogens is 190 g/mol. The molecule has 0 amide bonds. The summed E-state index contributed by atoms with van der Waals surface area (Å²) in [7, 11) is 0. The van der Waals surface area contributed by atoms with E-state index in [0.717, 1.165) is 0 Å². The maximum absolute atomic E-state index is 10.6. The zero-order chi connectivity index (χ0) is 9.68. The van der Waals surface area contributed by atoms with Gasteiger partial charge in [-0.15, -0.1) is 0 Å². The quantitative estimate of drug-likeness (QED) is 0.745. The predicted molar refractivity (Wildman–Crippen MR) is 49.8 cm³/mol. The van der Waals surface area contributed by atoms with Crippen molar-refractivity contribution in [1.29, 1.82) is 0 Å². The molecule has 6 heteroatoms. The molecule has 5 nitrogen and oxygen atoms in total. The fraction of sp³-hybridized carbons (Fsp3) is 0.571. The summed E-state index contributed by atoms with van der Waals surface area (Å²) in [4.78, 5) is 14.5. The van der Waals surface area contributed by atoms with Crippen molar-refractivity contribution in [2.75, 3.05) is 11.9 Å². The Labute approximate surface area is 80.0 Å². The smallest absolute Gasteiger partial charge is 0.308 e. The van der Waals surface area contributed by atoms with E-state index in [9.17, 15) is 4.79 Å². The molecule has 0 saturated heterocycles. The Bertz CT molecular complexity index is 263. The van der Waals surface area contributed by atoms with Gasteiger partial charge in [0.2, 0.25) is 5.13 Å². The van der Waals surface area contributed by atoms with Gasteiger partial charge in [-0.25, -0.2) is 4.98 Å². The summed E-state index contributed by atoms with van der Waals surface area (Å²) in [5.74, 6) is -1.14. The Hall–Kier alpha value is -1.17. The first-order chi connectivity index (χ1) is 6.24. The maximum Gasteiger partial charge on any atom is 0.308 e. The molecule has 0 spiro atoms. The summed E-state index contributed by atoms with van der Waals surface area (Å²) in [6.07, 6.45) is 2.05. The summed E-state index contributed by atoms with van der Waals surface area (Å²) in [6.45, 7) is 2.25. The number of hydrogen-bond donors (Lipinski definition) is 2. The summed E-state index contributed by atoms with van der Waals surface area (Å²) >= 11 is 1.22. The SMILES string of the molecule is CCC(CNc1ncns1)C(=O)O. The van der Waals surface area contributed by atoms with Gasteiger partial charge in [-0.1, -0.05) is 6.92 Å². The van der Waals surface area contributed by atoms with E-state index in [1.165, 1.54) is 17.9 Å². The monoisotopic (exact) mass is 201 g/mol. The Morgan fingerprint density at radius 3 is 3.08 bits per heavy atom. The molecular formula is C7H11N3O2S. The second-order valence-corrected chi connectivity index (χ2v) is 3.35. The standard InChI is InChI=1S/C7H11N3O2S/c1-2-5(6(11)12)3-8-7-9-4-10-13-7/h4-5H,2-3H2,1H3,(H,11,12)(H,8,9,10). The molecule has 2 N–H and O–H groups in total. The van der Waals surface area contributed by atoms with Gasteiger partial charge in [-0.2, -0.15) is 4.37 Å². The lowest BCUT2D eigenvalue weighted by atomic mass is 10.1. The molecule has 1 aromatic rings. The van der Waals surface area contributed by atoms with Gasteiger partial charge in [0, 0.05) is 18.1 Å². The lowest BCUT2D eigenvalue weighted by Crippen LogP contribution is -2.21. The van der Waals surface area contributed by atoms with Crippen LogP contribution in [0.3, 0.4) is 0 Å². The average molecular weight is 201 g/mol. The van der Waals surface area contributed by atoms with Crippen LogP contribution in [0.25, 0.3) is 0 Å². The van der Waals surface area contributed by atoms with Crippen LogP contribution in [0.2, 0.25) is 0 Å². The van der Waals surface area contributed by atoms with Crippen LogP contribution in [-0.2, 0) is 4.79 Å². The molecule has 0 aromatic carbocycles. The Kier molecular flexibility index (Phi) is 3.63. The molecule has 1 aromatic heterocycles. The van der Waals surface area contributed by atoms with E-state index < -0.39 is 5.97 Å². The summed E-state index contributed by atoms with van der Waals surface area (Å²) in [5.41, 5.74) is 0. The second kappa shape index (κ2) is 4.76. The van der Waals surface area contributed by atoms with Gasteiger partial charge >= 0.3 is 5.97 Å². The molecule has 1 unspecified atom stereocenters. The highest BCUT2D eigenvalue weighted by molar-refractivity contribution is 7.09. The molecule has 1 atom stereocenters. The first-order valence-corrected chi connectivity index (χ1v) is 4.74. The van der Waals surface area contributed by atoms with Gasteiger partial charge < -0.3 is 10.4 Å². The van der Waals surface area contributed by atoms with Crippen LogP contribution in [-0.4, -0.2) is 27.0 Å². The van der Waals surface area contributed by atoms with Gasteiger partial charge in [-0.3, -0.25) is 4.79 Å². The molecule has 0 saturated carbocycles. The third-order valence-electron chi connectivity index (χ3n) is 1.70. The van der Waals surface area contributed by atoms with Crippen LogP contribution in [0.1, 0.15) is 13.3 Å². The number of aliphatic carboxylic acids is 1. The molecule has 0 radical (unpaired) electrons. The summed E-state index contributed by atoms with van der Waals surface area (Å²) in [5, 5.41) is 12.3. The average Bonchev–Trinajstić information content (AvgIpc) is 2.57. The minimum absolute atomic E-state index is 0.358. The van der Waals surface area contributed by atoms with Gasteiger partial charge in [0.15, 0.2) is 0 Å². The van der Waals surface area contributed by atoms with Crippen LogP contribution >= 0.6 is 11.5 Å². The molecule has 0 aliphatic carbocycles. The van der Waals surface area contributed by atoms with Crippen LogP contribution in [0.15, 0.2) is 6.33 Å². The van der Waals surface area contributed by atoms with Crippen molar-refractivity contribution in [3.63, 3.8) is 0 Å². The van der Waals surface area contributed by atoms with E-state index in [2.05, 4.69) is 14.7 Å². The first kappa shape index (κ1) is 9.91. The Balaban J connectivity index is 2.36. The number of rotatable bonds is 5. The van der Waals surface area contributed by atoms with Gasteiger partial charge in [0.25, 0.3) is 0 Å². The molecule has 0 bridgehead atoms. The molecule has 13 heavy (non-hydrogen) atoms. The van der Waals surface area contributed by atoms with Crippen molar-refractivity contribution >= 4 is 22.6 Å². The molecule has 0 aliphatic rings. The van der Waals surface area contributed by atoms with E-state index in [1.54, 1.807) is 0 Å². The van der Waals surface area contributed by atoms with E-state index in [1.807, 2.05) is 6.92 Å². The van der Waals surface area contributed by atoms with E-state index in [-0.39, 0.29) is 5.92 Å². The molecule has 72 valence electrons. The van der Waals surface area contributed by atoms with E-state index >= 15 is 0 Å². The van der Waals surface area contributed by atoms with Crippen molar-refractivity contribution in [2.24, 2.45) is 5.92 Å². The number of hydrogen-bond acceptors (Lipinski definition) is 5. The number of anilines is 1. The van der Waals surface area contributed by atoms with Crippen LogP contribution < -0.4 is 5.32 Å². The lowest BCUT2D eigenvalue weighted by Gasteiger charge is -2.08. The zero-order valence-corrected chi connectivity index (χ0v) is 8.04. The van der Waals surface area contributed by atoms with Crippen LogP contribution in [0.4, 0.5) is 5.13 Å². The first-order valence-electron chi connectivity index (χ1n) is 3.97. The number of carbonyl (C=O) groups is 1. The largest absolute Gasteiger partial charge is 0.481 e. The van der Waals surface area contributed by atoms with Crippen molar-refractivity contribution < 1.29 is 9.90 Å². The van der Waals surface area contributed by atoms with E-state index in [0.29, 0.717) is 18.1 Å². The highest BCUT2D eigenvalue weighted by Gasteiger charge is 2.14. The lowest BCUT2D eigenvalue weighted by molar-refractivity contribution is -0.141. The molecule has 0 aliphatic heterocycles. The topological polar surface area (TPSA) is 75.1 Å². The molecule has 0 fully saturated rings. The Morgan fingerprint density at radius 2 is 2.62 bits per heavy atom. The van der Waals surface area contributed by atoms with Crippen molar-refractivity contribution in [1.82, 2.24) is 9.36 Å². The third-order valence-corrected chi connectivity index (χ3v) is 2.33. The van der Waals surface area contributed by atoms with Crippen molar-refractivity contribution in [3.8, 4) is 0 Å².